The van der Waals surface area contributed by atoms with Crippen LogP contribution in [-0.4, -0.2) is 28.3 Å². The van der Waals surface area contributed by atoms with E-state index < -0.39 is 28.6 Å². The number of carboxylic acids is 1. The highest BCUT2D eigenvalue weighted by Gasteiger charge is 2.42. The van der Waals surface area contributed by atoms with Gasteiger partial charge in [-0.15, -0.1) is 0 Å². The zero-order valence-corrected chi connectivity index (χ0v) is 13.9. The first-order valence-electron chi connectivity index (χ1n) is 7.70. The van der Waals surface area contributed by atoms with Gasteiger partial charge in [-0.2, -0.15) is 0 Å². The molecule has 21 heavy (non-hydrogen) atoms. The van der Waals surface area contributed by atoms with Crippen LogP contribution >= 0.6 is 0 Å². The number of hydrogen-bond acceptors (Lipinski definition) is 3. The summed E-state index contributed by atoms with van der Waals surface area (Å²) < 4.78 is 5.34. The van der Waals surface area contributed by atoms with E-state index in [9.17, 15) is 14.7 Å². The Labute approximate surface area is 127 Å². The zero-order valence-electron chi connectivity index (χ0n) is 13.9. The number of aliphatic carboxylic acids is 1. The SMILES string of the molecule is CC(C)(C)OC(=O)NC1(CC(C)(C)C(=O)O)CCCCC1. The van der Waals surface area contributed by atoms with Crippen molar-refractivity contribution < 1.29 is 19.4 Å². The van der Waals surface area contributed by atoms with Gasteiger partial charge in [0.15, 0.2) is 0 Å². The number of carbonyl (C=O) groups is 2. The van der Waals surface area contributed by atoms with Gasteiger partial charge in [-0.3, -0.25) is 4.79 Å². The minimum atomic E-state index is -0.869. The Balaban J connectivity index is 2.84. The standard InChI is InChI=1S/C16H29NO4/c1-14(2,3)21-13(20)17-16(9-7-6-8-10-16)11-15(4,5)12(18)19/h6-11H2,1-5H3,(H,17,20)(H,18,19). The van der Waals surface area contributed by atoms with Gasteiger partial charge >= 0.3 is 12.1 Å². The molecule has 1 aliphatic rings. The third kappa shape index (κ3) is 5.56. The van der Waals surface area contributed by atoms with Crippen LogP contribution in [0.15, 0.2) is 0 Å². The average Bonchev–Trinajstić information content (AvgIpc) is 2.25. The van der Waals surface area contributed by atoms with E-state index in [4.69, 9.17) is 4.74 Å². The molecule has 2 N–H and O–H groups in total. The fraction of sp³-hybridized carbons (Fsp3) is 0.875. The zero-order chi connectivity index (χ0) is 16.3. The number of carboxylic acid groups (broad SMARTS) is 1. The topological polar surface area (TPSA) is 75.6 Å². The van der Waals surface area contributed by atoms with Crippen LogP contribution in [0, 0.1) is 5.41 Å². The Kier molecular flexibility index (Phi) is 5.29. The van der Waals surface area contributed by atoms with Gasteiger partial charge in [0.05, 0.1) is 5.41 Å². The average molecular weight is 299 g/mol. The van der Waals surface area contributed by atoms with Gasteiger partial charge in [-0.05, 0) is 53.9 Å². The number of alkyl carbamates (subject to hydrolysis) is 1. The van der Waals surface area contributed by atoms with Crippen LogP contribution in [0.5, 0.6) is 0 Å². The minimum Gasteiger partial charge on any atom is -0.481 e. The molecule has 5 nitrogen and oxygen atoms in total. The molecule has 0 unspecified atom stereocenters. The monoisotopic (exact) mass is 299 g/mol. The summed E-state index contributed by atoms with van der Waals surface area (Å²) in [5.74, 6) is -0.835. The van der Waals surface area contributed by atoms with E-state index in [1.165, 1.54) is 0 Å². The number of ether oxygens (including phenoxy) is 1. The fourth-order valence-corrected chi connectivity index (χ4v) is 3.02. The second kappa shape index (κ2) is 6.24. The summed E-state index contributed by atoms with van der Waals surface area (Å²) in [5.41, 5.74) is -1.89. The van der Waals surface area contributed by atoms with Crippen LogP contribution < -0.4 is 5.32 Å². The van der Waals surface area contributed by atoms with Crippen molar-refractivity contribution >= 4 is 12.1 Å². The van der Waals surface area contributed by atoms with Crippen LogP contribution in [0.1, 0.15) is 73.1 Å². The lowest BCUT2D eigenvalue weighted by atomic mass is 9.71. The number of amides is 1. The molecule has 122 valence electrons. The summed E-state index contributed by atoms with van der Waals surface area (Å²) in [6.07, 6.45) is 4.73. The molecule has 1 rings (SSSR count). The van der Waals surface area contributed by atoms with Crippen molar-refractivity contribution in [3.8, 4) is 0 Å². The van der Waals surface area contributed by atoms with E-state index in [1.807, 2.05) is 20.8 Å². The quantitative estimate of drug-likeness (QED) is 0.829. The summed E-state index contributed by atoms with van der Waals surface area (Å²) in [5, 5.41) is 12.3. The molecule has 0 atom stereocenters. The van der Waals surface area contributed by atoms with Gasteiger partial charge in [0, 0.05) is 5.54 Å². The van der Waals surface area contributed by atoms with Crippen LogP contribution in [-0.2, 0) is 9.53 Å². The highest BCUT2D eigenvalue weighted by atomic mass is 16.6. The second-order valence-corrected chi connectivity index (χ2v) is 7.83. The highest BCUT2D eigenvalue weighted by molar-refractivity contribution is 5.74. The number of carbonyl (C=O) groups excluding carboxylic acids is 1. The van der Waals surface area contributed by atoms with Crippen LogP contribution in [0.25, 0.3) is 0 Å². The molecule has 0 spiro atoms. The van der Waals surface area contributed by atoms with Crippen LogP contribution in [0.2, 0.25) is 0 Å². The number of hydrogen-bond donors (Lipinski definition) is 2. The van der Waals surface area contributed by atoms with Crippen LogP contribution in [0.3, 0.4) is 0 Å². The van der Waals surface area contributed by atoms with Crippen molar-refractivity contribution in [1.29, 1.82) is 0 Å². The van der Waals surface area contributed by atoms with Gasteiger partial charge < -0.3 is 15.2 Å². The summed E-state index contributed by atoms with van der Waals surface area (Å²) in [6, 6.07) is 0. The third-order valence-electron chi connectivity index (χ3n) is 3.94. The number of rotatable bonds is 4. The lowest BCUT2D eigenvalue weighted by Gasteiger charge is -2.42. The molecule has 1 fully saturated rings. The Morgan fingerprint density at radius 1 is 1.10 bits per heavy atom. The highest BCUT2D eigenvalue weighted by Crippen LogP contribution is 2.38. The summed E-state index contributed by atoms with van der Waals surface area (Å²) >= 11 is 0. The van der Waals surface area contributed by atoms with Crippen molar-refractivity contribution in [2.45, 2.75) is 84.3 Å². The maximum absolute atomic E-state index is 12.1. The normalized spacial score (nSPS) is 18.9. The lowest BCUT2D eigenvalue weighted by molar-refractivity contribution is -0.148. The van der Waals surface area contributed by atoms with E-state index in [1.54, 1.807) is 13.8 Å². The molecule has 0 bridgehead atoms. The first-order chi connectivity index (χ1) is 9.46. The van der Waals surface area contributed by atoms with E-state index in [-0.39, 0.29) is 0 Å². The molecule has 0 heterocycles. The van der Waals surface area contributed by atoms with E-state index in [0.717, 1.165) is 32.1 Å². The summed E-state index contributed by atoms with van der Waals surface area (Å²) in [7, 11) is 0. The molecule has 0 saturated heterocycles. The molecule has 0 aromatic heterocycles. The first-order valence-corrected chi connectivity index (χ1v) is 7.70. The van der Waals surface area contributed by atoms with E-state index in [2.05, 4.69) is 5.32 Å². The Bertz CT molecular complexity index is 390. The fourth-order valence-electron chi connectivity index (χ4n) is 3.02. The van der Waals surface area contributed by atoms with Gasteiger partial charge in [-0.25, -0.2) is 4.79 Å². The molecular weight excluding hydrogens is 270 g/mol. The molecule has 0 aromatic rings. The summed E-state index contributed by atoms with van der Waals surface area (Å²) in [4.78, 5) is 23.5. The molecule has 1 saturated carbocycles. The molecule has 0 aromatic carbocycles. The first kappa shape index (κ1) is 17.8. The van der Waals surface area contributed by atoms with Crippen molar-refractivity contribution in [3.63, 3.8) is 0 Å². The molecule has 1 aliphatic carbocycles. The largest absolute Gasteiger partial charge is 0.481 e. The minimum absolute atomic E-state index is 0.425. The summed E-state index contributed by atoms with van der Waals surface area (Å²) in [6.45, 7) is 8.88. The molecule has 1 amide bonds. The molecule has 0 aliphatic heterocycles. The number of nitrogens with one attached hydrogen (secondary N) is 1. The Morgan fingerprint density at radius 3 is 2.05 bits per heavy atom. The Hall–Kier alpha value is -1.26. The maximum Gasteiger partial charge on any atom is 0.408 e. The molecule has 5 heteroatoms. The van der Waals surface area contributed by atoms with E-state index in [0.29, 0.717) is 6.42 Å². The van der Waals surface area contributed by atoms with Gasteiger partial charge in [0.2, 0.25) is 0 Å². The van der Waals surface area contributed by atoms with Crippen molar-refractivity contribution in [2.75, 3.05) is 0 Å². The van der Waals surface area contributed by atoms with Gasteiger partial charge in [0.1, 0.15) is 5.60 Å². The molecular formula is C16H29NO4. The van der Waals surface area contributed by atoms with Gasteiger partial charge in [0.25, 0.3) is 0 Å². The predicted molar refractivity (Wildman–Crippen MR) is 81.2 cm³/mol. The van der Waals surface area contributed by atoms with Crippen molar-refractivity contribution in [2.24, 2.45) is 5.41 Å². The van der Waals surface area contributed by atoms with Crippen LogP contribution in [0.4, 0.5) is 4.79 Å². The lowest BCUT2D eigenvalue weighted by Crippen LogP contribution is -2.54. The Morgan fingerprint density at radius 2 is 1.62 bits per heavy atom. The predicted octanol–water partition coefficient (Wildman–Crippen LogP) is 3.71. The van der Waals surface area contributed by atoms with Crippen molar-refractivity contribution in [3.05, 3.63) is 0 Å². The van der Waals surface area contributed by atoms with E-state index >= 15 is 0 Å². The van der Waals surface area contributed by atoms with Crippen molar-refractivity contribution in [1.82, 2.24) is 5.32 Å². The second-order valence-electron chi connectivity index (χ2n) is 7.83. The molecule has 0 radical (unpaired) electrons. The smallest absolute Gasteiger partial charge is 0.408 e. The third-order valence-corrected chi connectivity index (χ3v) is 3.94. The van der Waals surface area contributed by atoms with Gasteiger partial charge in [-0.1, -0.05) is 19.3 Å². The maximum atomic E-state index is 12.1.